The summed E-state index contributed by atoms with van der Waals surface area (Å²) >= 11 is 0. The minimum Gasteiger partial charge on any atom is -0.497 e. The molecule has 0 bridgehead atoms. The highest BCUT2D eigenvalue weighted by molar-refractivity contribution is 5.98. The Morgan fingerprint density at radius 2 is 2.14 bits per heavy atom. The Bertz CT molecular complexity index is 603. The molecule has 8 nitrogen and oxygen atoms in total. The van der Waals surface area contributed by atoms with Crippen molar-refractivity contribution in [2.24, 2.45) is 0 Å². The van der Waals surface area contributed by atoms with Crippen LogP contribution in [0.2, 0.25) is 0 Å². The summed E-state index contributed by atoms with van der Waals surface area (Å²) < 4.78 is 10.3. The van der Waals surface area contributed by atoms with Crippen LogP contribution in [0.1, 0.15) is 5.56 Å². The molecule has 1 heterocycles. The molecule has 0 aromatic heterocycles. The Morgan fingerprint density at radius 3 is 2.68 bits per heavy atom. The predicted molar refractivity (Wildman–Crippen MR) is 74.9 cm³/mol. The number of nitrogens with zero attached hydrogens (tertiary/aromatic N) is 1. The number of carbonyl (C=O) groups is 3. The molecule has 0 unspecified atom stereocenters. The molecule has 0 radical (unpaired) electrons. The van der Waals surface area contributed by atoms with Crippen molar-refractivity contribution in [2.45, 2.75) is 18.6 Å². The standard InChI is InChI=1S/C14H16N2O6/c1-21-9-4-3-8(11(5-9)22-2)6-16-10(7-17)12(13(16)18)15-14(19)20/h3-5,7,10,12,15H,6H2,1-2H3,(H,19,20)/t10-,12+/m0/s1. The van der Waals surface area contributed by atoms with Gasteiger partial charge in [-0.3, -0.25) is 4.79 Å². The molecule has 0 aliphatic carbocycles. The number of hydrogen-bond acceptors (Lipinski definition) is 5. The molecule has 0 saturated carbocycles. The van der Waals surface area contributed by atoms with Crippen LogP contribution in [0.5, 0.6) is 11.5 Å². The number of β-lactam (4-membered cyclic amide) rings is 1. The van der Waals surface area contributed by atoms with Gasteiger partial charge in [0.1, 0.15) is 29.9 Å². The molecule has 1 aromatic rings. The molecule has 2 rings (SSSR count). The zero-order valence-electron chi connectivity index (χ0n) is 12.1. The summed E-state index contributed by atoms with van der Waals surface area (Å²) in [7, 11) is 3.01. The van der Waals surface area contributed by atoms with Crippen molar-refractivity contribution in [1.82, 2.24) is 10.2 Å². The summed E-state index contributed by atoms with van der Waals surface area (Å²) in [6.07, 6.45) is -0.787. The molecule has 1 aliphatic heterocycles. The first-order valence-electron chi connectivity index (χ1n) is 6.48. The number of rotatable bonds is 6. The zero-order chi connectivity index (χ0) is 16.3. The van der Waals surface area contributed by atoms with E-state index < -0.39 is 24.1 Å². The summed E-state index contributed by atoms with van der Waals surface area (Å²) in [5, 5.41) is 10.7. The van der Waals surface area contributed by atoms with Crippen LogP contribution in [0, 0.1) is 0 Å². The molecular weight excluding hydrogens is 292 g/mol. The van der Waals surface area contributed by atoms with Gasteiger partial charge in [-0.15, -0.1) is 0 Å². The summed E-state index contributed by atoms with van der Waals surface area (Å²) in [6.45, 7) is 0.146. The summed E-state index contributed by atoms with van der Waals surface area (Å²) in [6, 6.07) is 3.26. The van der Waals surface area contributed by atoms with E-state index in [2.05, 4.69) is 0 Å². The van der Waals surface area contributed by atoms with Gasteiger partial charge >= 0.3 is 6.09 Å². The fourth-order valence-electron chi connectivity index (χ4n) is 2.35. The number of amides is 2. The Labute approximate surface area is 126 Å². The Balaban J connectivity index is 2.15. The van der Waals surface area contributed by atoms with Gasteiger partial charge in [0.2, 0.25) is 5.91 Å². The number of benzene rings is 1. The first-order chi connectivity index (χ1) is 10.5. The normalized spacial score (nSPS) is 20.1. The monoisotopic (exact) mass is 308 g/mol. The van der Waals surface area contributed by atoms with Crippen LogP contribution < -0.4 is 14.8 Å². The highest BCUT2D eigenvalue weighted by Gasteiger charge is 2.48. The van der Waals surface area contributed by atoms with E-state index in [1.807, 2.05) is 5.32 Å². The highest BCUT2D eigenvalue weighted by Crippen LogP contribution is 2.29. The number of likely N-dealkylation sites (tertiary alicyclic amines) is 1. The van der Waals surface area contributed by atoms with Crippen LogP contribution in [-0.4, -0.2) is 54.6 Å². The first-order valence-corrected chi connectivity index (χ1v) is 6.48. The minimum absolute atomic E-state index is 0.146. The molecule has 1 fully saturated rings. The van der Waals surface area contributed by atoms with E-state index in [0.717, 1.165) is 0 Å². The van der Waals surface area contributed by atoms with E-state index in [1.54, 1.807) is 18.2 Å². The maximum Gasteiger partial charge on any atom is 0.405 e. The molecule has 118 valence electrons. The fourth-order valence-corrected chi connectivity index (χ4v) is 2.35. The van der Waals surface area contributed by atoms with E-state index in [4.69, 9.17) is 14.6 Å². The molecule has 2 atom stereocenters. The van der Waals surface area contributed by atoms with Crippen molar-refractivity contribution >= 4 is 18.3 Å². The lowest BCUT2D eigenvalue weighted by molar-refractivity contribution is -0.154. The lowest BCUT2D eigenvalue weighted by Crippen LogP contribution is -2.70. The smallest absolute Gasteiger partial charge is 0.405 e. The number of carbonyl (C=O) groups excluding carboxylic acids is 2. The van der Waals surface area contributed by atoms with Gasteiger partial charge in [0, 0.05) is 11.6 Å². The maximum absolute atomic E-state index is 12.0. The number of nitrogens with one attached hydrogen (secondary N) is 1. The molecule has 1 saturated heterocycles. The number of aldehydes is 1. The number of carboxylic acid groups (broad SMARTS) is 1. The van der Waals surface area contributed by atoms with Crippen molar-refractivity contribution in [3.63, 3.8) is 0 Å². The van der Waals surface area contributed by atoms with Gasteiger partial charge in [0.25, 0.3) is 0 Å². The molecule has 0 spiro atoms. The summed E-state index contributed by atoms with van der Waals surface area (Å²) in [5.74, 6) is 0.678. The van der Waals surface area contributed by atoms with Gasteiger partial charge in [-0.25, -0.2) is 4.79 Å². The van der Waals surface area contributed by atoms with Gasteiger partial charge < -0.3 is 29.6 Å². The highest BCUT2D eigenvalue weighted by atomic mass is 16.5. The van der Waals surface area contributed by atoms with Crippen LogP contribution in [0.4, 0.5) is 4.79 Å². The third-order valence-electron chi connectivity index (χ3n) is 3.50. The van der Waals surface area contributed by atoms with Crippen LogP contribution in [-0.2, 0) is 16.1 Å². The van der Waals surface area contributed by atoms with E-state index in [1.165, 1.54) is 19.1 Å². The van der Waals surface area contributed by atoms with E-state index in [9.17, 15) is 14.4 Å². The SMILES string of the molecule is COc1ccc(CN2C(=O)[C@H](NC(=O)O)[C@@H]2C=O)c(OC)c1. The quantitative estimate of drug-likeness (QED) is 0.576. The average Bonchev–Trinajstić information content (AvgIpc) is 2.52. The summed E-state index contributed by atoms with van der Waals surface area (Å²) in [4.78, 5) is 35.0. The molecule has 1 aliphatic rings. The van der Waals surface area contributed by atoms with Gasteiger partial charge in [0.15, 0.2) is 0 Å². The van der Waals surface area contributed by atoms with Gasteiger partial charge in [-0.05, 0) is 12.1 Å². The van der Waals surface area contributed by atoms with E-state index in [0.29, 0.717) is 23.3 Å². The van der Waals surface area contributed by atoms with Crippen molar-refractivity contribution < 1.29 is 29.0 Å². The second-order valence-electron chi connectivity index (χ2n) is 4.70. The van der Waals surface area contributed by atoms with Crippen molar-refractivity contribution in [2.75, 3.05) is 14.2 Å². The van der Waals surface area contributed by atoms with E-state index in [-0.39, 0.29) is 6.54 Å². The number of methoxy groups -OCH3 is 2. The van der Waals surface area contributed by atoms with Gasteiger partial charge in [-0.2, -0.15) is 0 Å². The minimum atomic E-state index is -1.34. The Kier molecular flexibility index (Phi) is 4.50. The third kappa shape index (κ3) is 2.80. The predicted octanol–water partition coefficient (Wildman–Crippen LogP) is 0.250. The van der Waals surface area contributed by atoms with Gasteiger partial charge in [0.05, 0.1) is 20.8 Å². The first kappa shape index (κ1) is 15.6. The fraction of sp³-hybridized carbons (Fsp3) is 0.357. The van der Waals surface area contributed by atoms with E-state index >= 15 is 0 Å². The number of hydrogen-bond donors (Lipinski definition) is 2. The Morgan fingerprint density at radius 1 is 1.41 bits per heavy atom. The Hall–Kier alpha value is -2.77. The molecule has 8 heteroatoms. The molecule has 22 heavy (non-hydrogen) atoms. The molecular formula is C14H16N2O6. The second-order valence-corrected chi connectivity index (χ2v) is 4.70. The number of ether oxygens (including phenoxy) is 2. The molecule has 2 N–H and O–H groups in total. The molecule has 1 aromatic carbocycles. The van der Waals surface area contributed by atoms with Crippen molar-refractivity contribution in [3.8, 4) is 11.5 Å². The largest absolute Gasteiger partial charge is 0.497 e. The van der Waals surface area contributed by atoms with Crippen LogP contribution in [0.15, 0.2) is 18.2 Å². The third-order valence-corrected chi connectivity index (χ3v) is 3.50. The summed E-state index contributed by atoms with van der Waals surface area (Å²) in [5.41, 5.74) is 0.692. The van der Waals surface area contributed by atoms with Crippen LogP contribution >= 0.6 is 0 Å². The molecule has 2 amide bonds. The lowest BCUT2D eigenvalue weighted by atomic mass is 9.95. The van der Waals surface area contributed by atoms with Gasteiger partial charge in [-0.1, -0.05) is 0 Å². The second kappa shape index (κ2) is 6.33. The topological polar surface area (TPSA) is 105 Å². The van der Waals surface area contributed by atoms with Crippen molar-refractivity contribution in [1.29, 1.82) is 0 Å². The maximum atomic E-state index is 12.0. The van der Waals surface area contributed by atoms with Crippen LogP contribution in [0.25, 0.3) is 0 Å². The lowest BCUT2D eigenvalue weighted by Gasteiger charge is -2.43. The van der Waals surface area contributed by atoms with Crippen molar-refractivity contribution in [3.05, 3.63) is 23.8 Å². The zero-order valence-corrected chi connectivity index (χ0v) is 12.1. The van der Waals surface area contributed by atoms with Crippen LogP contribution in [0.3, 0.4) is 0 Å². The average molecular weight is 308 g/mol.